The first-order valence-corrected chi connectivity index (χ1v) is 13.2. The van der Waals surface area contributed by atoms with Crippen LogP contribution in [0.25, 0.3) is 0 Å². The maximum Gasteiger partial charge on any atom is 0.270 e. The molecule has 3 amide bonds. The SMILES string of the molecule is C[C@H](NC(=O)c1cnc2n1[C@](C)(Cc1ccc(C#N)cc1)C(=O)N2c1cc(Cl)cc(Cl)c1)C(=O)Nc1ccnn1C. The molecule has 208 valence electrons. The molecule has 0 saturated carbocycles. The number of hydrogen-bond acceptors (Lipinski definition) is 6. The number of carbonyl (C=O) groups is 3. The van der Waals surface area contributed by atoms with Crippen LogP contribution in [0.15, 0.2) is 60.9 Å². The Hall–Kier alpha value is -4.66. The summed E-state index contributed by atoms with van der Waals surface area (Å²) < 4.78 is 3.05. The highest BCUT2D eigenvalue weighted by molar-refractivity contribution is 6.35. The molecule has 0 bridgehead atoms. The summed E-state index contributed by atoms with van der Waals surface area (Å²) in [5.41, 5.74) is 0.412. The zero-order valence-electron chi connectivity index (χ0n) is 22.2. The lowest BCUT2D eigenvalue weighted by atomic mass is 9.91. The standard InChI is InChI=1S/C28H24Cl2N8O3/c1-16(24(39)35-23-8-9-33-36(23)3)34-25(40)22-15-32-27-37(21-11-19(29)10-20(30)12-21)26(41)28(2,38(22)27)13-17-4-6-18(14-31)7-5-17/h4-12,15-16H,13H2,1-3H3,(H,34,40)(H,35,39)/t16-,28+/m0/s1. The number of amides is 3. The minimum absolute atomic E-state index is 0.0836. The summed E-state index contributed by atoms with van der Waals surface area (Å²) in [4.78, 5) is 46.3. The van der Waals surface area contributed by atoms with E-state index in [0.717, 1.165) is 5.56 Å². The fraction of sp³-hybridized carbons (Fsp3) is 0.214. The molecule has 2 aromatic heterocycles. The molecular formula is C28H24Cl2N8O3. The Labute approximate surface area is 245 Å². The molecule has 11 nitrogen and oxygen atoms in total. The Balaban J connectivity index is 1.52. The van der Waals surface area contributed by atoms with Crippen molar-refractivity contribution in [3.63, 3.8) is 0 Å². The van der Waals surface area contributed by atoms with Crippen LogP contribution in [0.4, 0.5) is 17.5 Å². The average molecular weight is 591 g/mol. The van der Waals surface area contributed by atoms with E-state index in [1.165, 1.54) is 15.8 Å². The van der Waals surface area contributed by atoms with Crippen molar-refractivity contribution in [2.75, 3.05) is 10.2 Å². The van der Waals surface area contributed by atoms with Crippen LogP contribution in [-0.4, -0.2) is 43.1 Å². The lowest BCUT2D eigenvalue weighted by Crippen LogP contribution is -2.45. The number of anilines is 3. The molecule has 5 rings (SSSR count). The second kappa shape index (κ2) is 10.7. The van der Waals surface area contributed by atoms with Gasteiger partial charge in [-0.15, -0.1) is 0 Å². The first-order valence-electron chi connectivity index (χ1n) is 12.5. The summed E-state index contributed by atoms with van der Waals surface area (Å²) >= 11 is 12.5. The fourth-order valence-corrected chi connectivity index (χ4v) is 5.31. The Morgan fingerprint density at radius 1 is 1.12 bits per heavy atom. The summed E-state index contributed by atoms with van der Waals surface area (Å²) in [5, 5.41) is 19.3. The molecule has 0 fully saturated rings. The topological polar surface area (TPSA) is 138 Å². The number of aromatic nitrogens is 4. The molecule has 0 radical (unpaired) electrons. The van der Waals surface area contributed by atoms with Crippen molar-refractivity contribution in [2.45, 2.75) is 31.8 Å². The smallest absolute Gasteiger partial charge is 0.270 e. The normalized spacial score (nSPS) is 16.7. The van der Waals surface area contributed by atoms with Crippen molar-refractivity contribution in [1.29, 1.82) is 5.26 Å². The van der Waals surface area contributed by atoms with Gasteiger partial charge in [0.05, 0.1) is 29.7 Å². The van der Waals surface area contributed by atoms with Crippen molar-refractivity contribution in [3.05, 3.63) is 87.8 Å². The van der Waals surface area contributed by atoms with E-state index in [0.29, 0.717) is 27.1 Å². The number of imidazole rings is 1. The summed E-state index contributed by atoms with van der Waals surface area (Å²) in [6, 6.07) is 14.4. The van der Waals surface area contributed by atoms with Crippen LogP contribution in [0.5, 0.6) is 0 Å². The Morgan fingerprint density at radius 3 is 2.41 bits per heavy atom. The van der Waals surface area contributed by atoms with Crippen LogP contribution >= 0.6 is 23.2 Å². The van der Waals surface area contributed by atoms with Crippen LogP contribution in [0.3, 0.4) is 0 Å². The van der Waals surface area contributed by atoms with Gasteiger partial charge >= 0.3 is 0 Å². The highest BCUT2D eigenvalue weighted by Gasteiger charge is 2.51. The number of halogens is 2. The molecule has 1 aliphatic heterocycles. The summed E-state index contributed by atoms with van der Waals surface area (Å²) in [6.07, 6.45) is 3.08. The summed E-state index contributed by atoms with van der Waals surface area (Å²) in [7, 11) is 1.68. The third kappa shape index (κ3) is 5.15. The molecular weight excluding hydrogens is 567 g/mol. The molecule has 0 spiro atoms. The highest BCUT2D eigenvalue weighted by atomic mass is 35.5. The lowest BCUT2D eigenvalue weighted by molar-refractivity contribution is -0.124. The van der Waals surface area contributed by atoms with Gasteiger partial charge in [0.15, 0.2) is 0 Å². The first-order chi connectivity index (χ1) is 19.5. The highest BCUT2D eigenvalue weighted by Crippen LogP contribution is 2.43. The van der Waals surface area contributed by atoms with E-state index in [1.807, 2.05) is 0 Å². The molecule has 41 heavy (non-hydrogen) atoms. The second-order valence-electron chi connectivity index (χ2n) is 9.83. The van der Waals surface area contributed by atoms with Gasteiger partial charge in [0, 0.05) is 29.6 Å². The largest absolute Gasteiger partial charge is 0.339 e. The van der Waals surface area contributed by atoms with Crippen molar-refractivity contribution in [2.24, 2.45) is 7.05 Å². The van der Waals surface area contributed by atoms with Crippen LogP contribution in [0.1, 0.15) is 35.5 Å². The minimum atomic E-state index is -1.30. The van der Waals surface area contributed by atoms with E-state index in [2.05, 4.69) is 26.8 Å². The molecule has 0 aliphatic carbocycles. The molecule has 3 heterocycles. The fourth-order valence-electron chi connectivity index (χ4n) is 4.79. The maximum atomic E-state index is 14.1. The van der Waals surface area contributed by atoms with E-state index < -0.39 is 23.4 Å². The number of nitrogens with zero attached hydrogens (tertiary/aromatic N) is 6. The van der Waals surface area contributed by atoms with Crippen LogP contribution in [0, 0.1) is 11.3 Å². The molecule has 2 N–H and O–H groups in total. The van der Waals surface area contributed by atoms with Gasteiger partial charge in [0.2, 0.25) is 11.9 Å². The number of nitrogens with one attached hydrogen (secondary N) is 2. The van der Waals surface area contributed by atoms with E-state index in [1.54, 1.807) is 80.2 Å². The van der Waals surface area contributed by atoms with Crippen molar-refractivity contribution in [1.82, 2.24) is 24.6 Å². The van der Waals surface area contributed by atoms with Gasteiger partial charge in [0.1, 0.15) is 23.1 Å². The van der Waals surface area contributed by atoms with Gasteiger partial charge in [-0.25, -0.2) is 9.88 Å². The average Bonchev–Trinajstić information content (AvgIpc) is 3.60. The number of nitriles is 1. The zero-order chi connectivity index (χ0) is 29.5. The molecule has 4 aromatic rings. The van der Waals surface area contributed by atoms with Gasteiger partial charge in [-0.1, -0.05) is 35.3 Å². The van der Waals surface area contributed by atoms with E-state index in [-0.39, 0.29) is 24.0 Å². The van der Waals surface area contributed by atoms with Gasteiger partial charge in [0.25, 0.3) is 11.8 Å². The van der Waals surface area contributed by atoms with Gasteiger partial charge < -0.3 is 10.6 Å². The Morgan fingerprint density at radius 2 is 1.80 bits per heavy atom. The molecule has 0 saturated heterocycles. The van der Waals surface area contributed by atoms with Crippen molar-refractivity contribution >= 4 is 58.4 Å². The number of hydrogen-bond donors (Lipinski definition) is 2. The van der Waals surface area contributed by atoms with Crippen LogP contribution < -0.4 is 15.5 Å². The molecule has 2 aromatic carbocycles. The van der Waals surface area contributed by atoms with Gasteiger partial charge in [-0.3, -0.25) is 23.6 Å². The maximum absolute atomic E-state index is 14.1. The summed E-state index contributed by atoms with van der Waals surface area (Å²) in [6.45, 7) is 3.26. The van der Waals surface area contributed by atoms with Gasteiger partial charge in [-0.05, 0) is 49.7 Å². The minimum Gasteiger partial charge on any atom is -0.339 e. The van der Waals surface area contributed by atoms with Gasteiger partial charge in [-0.2, -0.15) is 10.4 Å². The molecule has 13 heteroatoms. The van der Waals surface area contributed by atoms with E-state index >= 15 is 0 Å². The van der Waals surface area contributed by atoms with Crippen LogP contribution in [0.2, 0.25) is 10.0 Å². The van der Waals surface area contributed by atoms with Crippen LogP contribution in [-0.2, 0) is 28.6 Å². The Kier molecular flexibility index (Phi) is 7.29. The number of benzene rings is 2. The second-order valence-corrected chi connectivity index (χ2v) is 10.7. The quantitative estimate of drug-likeness (QED) is 0.331. The Bertz CT molecular complexity index is 1700. The monoisotopic (exact) mass is 590 g/mol. The molecule has 0 unspecified atom stereocenters. The number of aryl methyl sites for hydroxylation is 1. The van der Waals surface area contributed by atoms with Crippen molar-refractivity contribution in [3.8, 4) is 6.07 Å². The molecule has 1 aliphatic rings. The third-order valence-corrected chi connectivity index (χ3v) is 7.32. The zero-order valence-corrected chi connectivity index (χ0v) is 23.7. The predicted molar refractivity (Wildman–Crippen MR) is 153 cm³/mol. The van der Waals surface area contributed by atoms with E-state index in [9.17, 15) is 19.6 Å². The number of fused-ring (bicyclic) bond motifs is 1. The molecule has 2 atom stereocenters. The number of rotatable bonds is 7. The summed E-state index contributed by atoms with van der Waals surface area (Å²) in [5.74, 6) is -0.741. The third-order valence-electron chi connectivity index (χ3n) is 6.88. The lowest BCUT2D eigenvalue weighted by Gasteiger charge is -2.27. The van der Waals surface area contributed by atoms with E-state index in [4.69, 9.17) is 23.2 Å². The predicted octanol–water partition coefficient (Wildman–Crippen LogP) is 4.19. The van der Waals surface area contributed by atoms with Crippen molar-refractivity contribution < 1.29 is 14.4 Å². The first kappa shape index (κ1) is 27.9. The number of carbonyl (C=O) groups excluding carboxylic acids is 3.